The molecule has 0 saturated heterocycles. The van der Waals surface area contributed by atoms with Crippen molar-refractivity contribution >= 4 is 0 Å². The number of nitrogens with one attached hydrogen (secondary N) is 1. The summed E-state index contributed by atoms with van der Waals surface area (Å²) >= 11 is 0. The van der Waals surface area contributed by atoms with Crippen LogP contribution in [-0.4, -0.2) is 6.54 Å². The van der Waals surface area contributed by atoms with Crippen LogP contribution in [0, 0.1) is 13.8 Å². The maximum Gasteiger partial charge on any atom is 0.101 e. The van der Waals surface area contributed by atoms with Gasteiger partial charge >= 0.3 is 0 Å². The highest BCUT2D eigenvalue weighted by molar-refractivity contribution is 5.33. The minimum Gasteiger partial charge on any atom is -0.469 e. The largest absolute Gasteiger partial charge is 0.469 e. The molecular formula is C16H21NO. The van der Waals surface area contributed by atoms with E-state index in [1.807, 2.05) is 13.2 Å². The molecule has 1 unspecified atom stereocenters. The molecule has 1 N–H and O–H groups in total. The molecule has 0 aliphatic heterocycles. The lowest BCUT2D eigenvalue weighted by molar-refractivity contribution is 0.523. The second-order valence-corrected chi connectivity index (χ2v) is 4.79. The molecule has 0 aliphatic rings. The molecular weight excluding hydrogens is 222 g/mol. The number of hydrogen-bond acceptors (Lipinski definition) is 2. The van der Waals surface area contributed by atoms with E-state index in [-0.39, 0.29) is 6.04 Å². The lowest BCUT2D eigenvalue weighted by Crippen LogP contribution is -2.22. The van der Waals surface area contributed by atoms with Gasteiger partial charge in [-0.2, -0.15) is 0 Å². The Labute approximate surface area is 109 Å². The number of benzene rings is 1. The zero-order valence-electron chi connectivity index (χ0n) is 11.4. The topological polar surface area (TPSA) is 25.2 Å². The molecule has 0 bridgehead atoms. The maximum absolute atomic E-state index is 5.44. The van der Waals surface area contributed by atoms with Gasteiger partial charge < -0.3 is 9.73 Å². The first-order valence-electron chi connectivity index (χ1n) is 6.55. The molecule has 2 rings (SSSR count). The fraction of sp³-hybridized carbons (Fsp3) is 0.375. The Morgan fingerprint density at radius 2 is 2.00 bits per heavy atom. The first-order chi connectivity index (χ1) is 8.70. The number of aryl methyl sites for hydroxylation is 2. The second kappa shape index (κ2) is 5.87. The summed E-state index contributed by atoms with van der Waals surface area (Å²) in [7, 11) is 0. The molecule has 0 spiro atoms. The van der Waals surface area contributed by atoms with Crippen LogP contribution in [0.15, 0.2) is 41.0 Å². The highest BCUT2D eigenvalue weighted by Gasteiger charge is 2.15. The summed E-state index contributed by atoms with van der Waals surface area (Å²) in [4.78, 5) is 0. The normalized spacial score (nSPS) is 12.6. The Balaban J connectivity index is 2.30. The van der Waals surface area contributed by atoms with E-state index in [4.69, 9.17) is 4.42 Å². The highest BCUT2D eigenvalue weighted by Crippen LogP contribution is 2.24. The Morgan fingerprint density at radius 1 is 1.17 bits per heavy atom. The van der Waals surface area contributed by atoms with E-state index >= 15 is 0 Å². The van der Waals surface area contributed by atoms with E-state index in [1.54, 1.807) is 0 Å². The van der Waals surface area contributed by atoms with Gasteiger partial charge in [-0.15, -0.1) is 0 Å². The Morgan fingerprint density at radius 3 is 2.61 bits per heavy atom. The first-order valence-corrected chi connectivity index (χ1v) is 6.55. The number of hydrogen-bond donors (Lipinski definition) is 1. The first kappa shape index (κ1) is 12.9. The molecule has 2 heteroatoms. The van der Waals surface area contributed by atoms with Gasteiger partial charge in [0.15, 0.2) is 0 Å². The van der Waals surface area contributed by atoms with Gasteiger partial charge in [0.25, 0.3) is 0 Å². The standard InChI is InChI=1S/C16H21NO/c1-4-8-17-16(15-10-13(3)18-11-15)14-7-5-6-12(2)9-14/h5-7,9-11,16-17H,4,8H2,1-3H3. The van der Waals surface area contributed by atoms with Crippen molar-refractivity contribution in [3.05, 3.63) is 59.0 Å². The molecule has 1 aromatic carbocycles. The second-order valence-electron chi connectivity index (χ2n) is 4.79. The zero-order chi connectivity index (χ0) is 13.0. The third-order valence-corrected chi connectivity index (χ3v) is 3.06. The fourth-order valence-electron chi connectivity index (χ4n) is 2.18. The van der Waals surface area contributed by atoms with Crippen LogP contribution in [0.3, 0.4) is 0 Å². The van der Waals surface area contributed by atoms with E-state index in [1.165, 1.54) is 16.7 Å². The molecule has 96 valence electrons. The molecule has 0 aliphatic carbocycles. The summed E-state index contributed by atoms with van der Waals surface area (Å²) in [6.07, 6.45) is 2.98. The lowest BCUT2D eigenvalue weighted by atomic mass is 9.99. The molecule has 0 fully saturated rings. The van der Waals surface area contributed by atoms with Crippen molar-refractivity contribution < 1.29 is 4.42 Å². The Hall–Kier alpha value is -1.54. The minimum atomic E-state index is 0.224. The van der Waals surface area contributed by atoms with Crippen LogP contribution < -0.4 is 5.32 Å². The Bertz CT molecular complexity index is 501. The molecule has 1 heterocycles. The van der Waals surface area contributed by atoms with Crippen LogP contribution in [0.25, 0.3) is 0 Å². The van der Waals surface area contributed by atoms with Crippen LogP contribution in [0.1, 0.15) is 41.8 Å². The van der Waals surface area contributed by atoms with Gasteiger partial charge in [0, 0.05) is 5.56 Å². The highest BCUT2D eigenvalue weighted by atomic mass is 16.3. The minimum absolute atomic E-state index is 0.224. The van der Waals surface area contributed by atoms with Gasteiger partial charge in [-0.05, 0) is 38.4 Å². The predicted molar refractivity (Wildman–Crippen MR) is 74.8 cm³/mol. The molecule has 0 saturated carbocycles. The van der Waals surface area contributed by atoms with Gasteiger partial charge in [0.1, 0.15) is 5.76 Å². The molecule has 18 heavy (non-hydrogen) atoms. The van der Waals surface area contributed by atoms with Gasteiger partial charge in [-0.25, -0.2) is 0 Å². The van der Waals surface area contributed by atoms with Crippen molar-refractivity contribution in [1.29, 1.82) is 0 Å². The Kier molecular flexibility index (Phi) is 4.21. The number of rotatable bonds is 5. The van der Waals surface area contributed by atoms with Crippen LogP contribution in [0.5, 0.6) is 0 Å². The summed E-state index contributed by atoms with van der Waals surface area (Å²) < 4.78 is 5.44. The fourth-order valence-corrected chi connectivity index (χ4v) is 2.18. The summed E-state index contributed by atoms with van der Waals surface area (Å²) in [5.41, 5.74) is 3.78. The molecule has 2 nitrogen and oxygen atoms in total. The SMILES string of the molecule is CCCNC(c1cccc(C)c1)c1coc(C)c1. The van der Waals surface area contributed by atoms with Crippen LogP contribution in [0.2, 0.25) is 0 Å². The van der Waals surface area contributed by atoms with Crippen LogP contribution >= 0.6 is 0 Å². The maximum atomic E-state index is 5.44. The average Bonchev–Trinajstić information content (AvgIpc) is 2.76. The summed E-state index contributed by atoms with van der Waals surface area (Å²) in [6.45, 7) is 7.29. The van der Waals surface area contributed by atoms with E-state index in [9.17, 15) is 0 Å². The van der Waals surface area contributed by atoms with Crippen LogP contribution in [0.4, 0.5) is 0 Å². The van der Waals surface area contributed by atoms with Gasteiger partial charge in [-0.1, -0.05) is 36.8 Å². The van der Waals surface area contributed by atoms with Crippen molar-refractivity contribution in [2.24, 2.45) is 0 Å². The average molecular weight is 243 g/mol. The summed E-state index contributed by atoms with van der Waals surface area (Å²) in [5.74, 6) is 0.959. The van der Waals surface area contributed by atoms with E-state index in [0.29, 0.717) is 0 Å². The summed E-state index contributed by atoms with van der Waals surface area (Å²) in [6, 6.07) is 11.0. The lowest BCUT2D eigenvalue weighted by Gasteiger charge is -2.18. The van der Waals surface area contributed by atoms with E-state index in [2.05, 4.69) is 49.5 Å². The van der Waals surface area contributed by atoms with Gasteiger partial charge in [-0.3, -0.25) is 0 Å². The number of furan rings is 1. The predicted octanol–water partition coefficient (Wildman–Crippen LogP) is 3.99. The van der Waals surface area contributed by atoms with E-state index in [0.717, 1.165) is 18.7 Å². The summed E-state index contributed by atoms with van der Waals surface area (Å²) in [5, 5.41) is 3.58. The van der Waals surface area contributed by atoms with Gasteiger partial charge in [0.2, 0.25) is 0 Å². The van der Waals surface area contributed by atoms with Crippen LogP contribution in [-0.2, 0) is 0 Å². The molecule has 0 amide bonds. The third-order valence-electron chi connectivity index (χ3n) is 3.06. The zero-order valence-corrected chi connectivity index (χ0v) is 11.4. The third kappa shape index (κ3) is 3.02. The molecule has 1 atom stereocenters. The van der Waals surface area contributed by atoms with Crippen molar-refractivity contribution in [1.82, 2.24) is 5.32 Å². The van der Waals surface area contributed by atoms with Crippen molar-refractivity contribution in [3.63, 3.8) is 0 Å². The van der Waals surface area contributed by atoms with Gasteiger partial charge in [0.05, 0.1) is 12.3 Å². The molecule has 2 aromatic rings. The smallest absolute Gasteiger partial charge is 0.101 e. The molecule has 0 radical (unpaired) electrons. The monoisotopic (exact) mass is 243 g/mol. The van der Waals surface area contributed by atoms with Crippen molar-refractivity contribution in [2.45, 2.75) is 33.2 Å². The van der Waals surface area contributed by atoms with Crippen molar-refractivity contribution in [2.75, 3.05) is 6.54 Å². The molecule has 1 aromatic heterocycles. The van der Waals surface area contributed by atoms with E-state index < -0.39 is 0 Å². The quantitative estimate of drug-likeness (QED) is 0.859. The van der Waals surface area contributed by atoms with Crippen molar-refractivity contribution in [3.8, 4) is 0 Å².